The lowest BCUT2D eigenvalue weighted by atomic mass is 9.96. The highest BCUT2D eigenvalue weighted by molar-refractivity contribution is 5.59. The van der Waals surface area contributed by atoms with Crippen LogP contribution in [0.25, 0.3) is 17.1 Å². The molecule has 0 saturated carbocycles. The zero-order chi connectivity index (χ0) is 20.9. The van der Waals surface area contributed by atoms with Gasteiger partial charge < -0.3 is 0 Å². The average Bonchev–Trinajstić information content (AvgIpc) is 3.10. The van der Waals surface area contributed by atoms with E-state index >= 15 is 0 Å². The Morgan fingerprint density at radius 3 is 2.04 bits per heavy atom. The van der Waals surface area contributed by atoms with E-state index in [4.69, 9.17) is 0 Å². The molecule has 0 atom stereocenters. The van der Waals surface area contributed by atoms with Crippen molar-refractivity contribution in [2.24, 2.45) is 5.92 Å². The van der Waals surface area contributed by atoms with Crippen LogP contribution in [0.4, 0.5) is 13.2 Å². The van der Waals surface area contributed by atoms with Crippen molar-refractivity contribution in [3.05, 3.63) is 72.1 Å². The Hall–Kier alpha value is -2.56. The Morgan fingerprint density at radius 1 is 0.893 bits per heavy atom. The largest absolute Gasteiger partial charge is 0.416 e. The summed E-state index contributed by atoms with van der Waals surface area (Å²) in [5.74, 6) is 1.24. The van der Waals surface area contributed by atoms with Gasteiger partial charge in [0.05, 0.1) is 5.56 Å². The fraction of sp³-hybridized carbons (Fsp3) is 0.348. The molecular weight excluding hydrogens is 361 g/mol. The van der Waals surface area contributed by atoms with Gasteiger partial charge in [-0.15, -0.1) is 0 Å². The fourth-order valence-corrected chi connectivity index (χ4v) is 2.76. The molecule has 0 fully saturated rings. The number of hydrogen-bond acceptors (Lipinski definition) is 1. The summed E-state index contributed by atoms with van der Waals surface area (Å²) in [5.41, 5.74) is 1.00. The highest BCUT2D eigenvalue weighted by atomic mass is 19.4. The summed E-state index contributed by atoms with van der Waals surface area (Å²) in [4.78, 5) is 4.29. The van der Waals surface area contributed by atoms with Crippen LogP contribution >= 0.6 is 0 Å². The van der Waals surface area contributed by atoms with Crippen molar-refractivity contribution in [3.63, 3.8) is 0 Å². The molecule has 0 aliphatic heterocycles. The summed E-state index contributed by atoms with van der Waals surface area (Å²) < 4.78 is 42.0. The van der Waals surface area contributed by atoms with Crippen molar-refractivity contribution in [1.82, 2.24) is 9.55 Å². The first-order valence-electron chi connectivity index (χ1n) is 9.41. The second-order valence-corrected chi connectivity index (χ2v) is 7.64. The Balaban J connectivity index is 0.000000640. The molecule has 3 rings (SSSR count). The Labute approximate surface area is 165 Å². The van der Waals surface area contributed by atoms with E-state index in [0.29, 0.717) is 17.1 Å². The number of aromatic nitrogens is 2. The lowest BCUT2D eigenvalue weighted by Gasteiger charge is -2.18. The second-order valence-electron chi connectivity index (χ2n) is 7.64. The van der Waals surface area contributed by atoms with Gasteiger partial charge in [-0.1, -0.05) is 71.0 Å². The van der Waals surface area contributed by atoms with Gasteiger partial charge in [0, 0.05) is 23.6 Å². The molecule has 150 valence electrons. The van der Waals surface area contributed by atoms with Gasteiger partial charge in [0.25, 0.3) is 0 Å². The summed E-state index contributed by atoms with van der Waals surface area (Å²) in [6, 6.07) is 13.8. The summed E-state index contributed by atoms with van der Waals surface area (Å²) in [6.07, 6.45) is -1.12. The topological polar surface area (TPSA) is 17.8 Å². The van der Waals surface area contributed by atoms with Crippen molar-refractivity contribution in [2.75, 3.05) is 0 Å². The number of hydrogen-bond donors (Lipinski definition) is 0. The molecule has 1 aromatic heterocycles. The van der Waals surface area contributed by atoms with Gasteiger partial charge in [-0.25, -0.2) is 4.98 Å². The third kappa shape index (κ3) is 5.47. The smallest absolute Gasteiger partial charge is 0.300 e. The van der Waals surface area contributed by atoms with Crippen molar-refractivity contribution >= 4 is 0 Å². The van der Waals surface area contributed by atoms with Crippen molar-refractivity contribution < 1.29 is 13.2 Å². The van der Waals surface area contributed by atoms with E-state index in [-0.39, 0.29) is 5.92 Å². The van der Waals surface area contributed by atoms with Crippen LogP contribution in [0.5, 0.6) is 0 Å². The van der Waals surface area contributed by atoms with Crippen LogP contribution in [0.1, 0.15) is 51.7 Å². The van der Waals surface area contributed by atoms with E-state index < -0.39 is 11.7 Å². The molecule has 0 bridgehead atoms. The van der Waals surface area contributed by atoms with E-state index in [9.17, 15) is 13.2 Å². The minimum Gasteiger partial charge on any atom is -0.300 e. The predicted octanol–water partition coefficient (Wildman–Crippen LogP) is 7.34. The maximum Gasteiger partial charge on any atom is 0.416 e. The van der Waals surface area contributed by atoms with Crippen LogP contribution in [0.3, 0.4) is 0 Å². The van der Waals surface area contributed by atoms with Crippen LogP contribution < -0.4 is 0 Å². The molecule has 5 heteroatoms. The lowest BCUT2D eigenvalue weighted by molar-refractivity contribution is -0.138. The number of benzene rings is 2. The SMILES string of the molecule is CC(C)C.CC(C)c1ccc(-n2ccnc2-c2ccccc2)cc1C(F)(F)F. The van der Waals surface area contributed by atoms with Crippen LogP contribution in [-0.2, 0) is 6.18 Å². The third-order valence-electron chi connectivity index (χ3n) is 3.92. The molecule has 2 nitrogen and oxygen atoms in total. The van der Waals surface area contributed by atoms with Crippen molar-refractivity contribution in [1.29, 1.82) is 0 Å². The van der Waals surface area contributed by atoms with Crippen molar-refractivity contribution in [3.8, 4) is 17.1 Å². The van der Waals surface area contributed by atoms with Gasteiger partial charge in [0.2, 0.25) is 0 Å². The number of nitrogens with zero attached hydrogens (tertiary/aromatic N) is 2. The first kappa shape index (κ1) is 21.7. The fourth-order valence-electron chi connectivity index (χ4n) is 2.76. The zero-order valence-corrected chi connectivity index (χ0v) is 17.0. The van der Waals surface area contributed by atoms with E-state index in [1.54, 1.807) is 42.9 Å². The standard InChI is InChI=1S/C19H17F3N2.C4H10/c1-13(2)16-9-8-15(12-17(16)19(20,21)22)24-11-10-23-18(24)14-6-4-3-5-7-14;1-4(2)3/h3-13H,1-2H3;4H,1-3H3. The predicted molar refractivity (Wildman–Crippen MR) is 109 cm³/mol. The normalized spacial score (nSPS) is 11.5. The first-order chi connectivity index (χ1) is 13.1. The van der Waals surface area contributed by atoms with E-state index in [1.807, 2.05) is 30.3 Å². The van der Waals surface area contributed by atoms with Crippen LogP contribution in [0.15, 0.2) is 60.9 Å². The zero-order valence-electron chi connectivity index (χ0n) is 17.0. The Bertz CT molecular complexity index is 876. The Kier molecular flexibility index (Phi) is 7.05. The number of rotatable bonds is 3. The summed E-state index contributed by atoms with van der Waals surface area (Å²) in [7, 11) is 0. The molecule has 0 amide bonds. The monoisotopic (exact) mass is 388 g/mol. The van der Waals surface area contributed by atoms with E-state index in [1.165, 1.54) is 6.07 Å². The molecule has 1 heterocycles. The van der Waals surface area contributed by atoms with E-state index in [2.05, 4.69) is 25.8 Å². The Morgan fingerprint density at radius 2 is 1.50 bits per heavy atom. The summed E-state index contributed by atoms with van der Waals surface area (Å²) >= 11 is 0. The van der Waals surface area contributed by atoms with Crippen molar-refractivity contribution in [2.45, 2.75) is 46.7 Å². The van der Waals surface area contributed by atoms with Gasteiger partial charge >= 0.3 is 6.18 Å². The molecular formula is C23H27F3N2. The van der Waals surface area contributed by atoms with Crippen LogP contribution in [0.2, 0.25) is 0 Å². The third-order valence-corrected chi connectivity index (χ3v) is 3.92. The number of imidazole rings is 1. The molecule has 0 unspecified atom stereocenters. The minimum atomic E-state index is -4.39. The first-order valence-corrected chi connectivity index (χ1v) is 9.41. The highest BCUT2D eigenvalue weighted by Gasteiger charge is 2.34. The molecule has 28 heavy (non-hydrogen) atoms. The van der Waals surface area contributed by atoms with Crippen LogP contribution in [0, 0.1) is 5.92 Å². The molecule has 0 aliphatic carbocycles. The van der Waals surface area contributed by atoms with Crippen LogP contribution in [-0.4, -0.2) is 9.55 Å². The summed E-state index contributed by atoms with van der Waals surface area (Å²) in [5, 5.41) is 0. The molecule has 0 radical (unpaired) electrons. The van der Waals surface area contributed by atoms with Gasteiger partial charge in [-0.2, -0.15) is 13.2 Å². The highest BCUT2D eigenvalue weighted by Crippen LogP contribution is 2.37. The molecule has 0 N–H and O–H groups in total. The summed E-state index contributed by atoms with van der Waals surface area (Å²) in [6.45, 7) is 10.0. The number of alkyl halides is 3. The maximum absolute atomic E-state index is 13.4. The quantitative estimate of drug-likeness (QED) is 0.459. The lowest BCUT2D eigenvalue weighted by Crippen LogP contribution is -2.11. The molecule has 0 spiro atoms. The minimum absolute atomic E-state index is 0.202. The molecule has 0 saturated heterocycles. The average molecular weight is 388 g/mol. The molecule has 3 aromatic rings. The molecule has 2 aromatic carbocycles. The molecule has 0 aliphatic rings. The van der Waals surface area contributed by atoms with Gasteiger partial charge in [-0.05, 0) is 29.5 Å². The van der Waals surface area contributed by atoms with Gasteiger partial charge in [0.1, 0.15) is 5.82 Å². The number of halogens is 3. The van der Waals surface area contributed by atoms with Gasteiger partial charge in [-0.3, -0.25) is 4.57 Å². The second kappa shape index (κ2) is 9.09. The van der Waals surface area contributed by atoms with E-state index in [0.717, 1.165) is 11.5 Å². The van der Waals surface area contributed by atoms with Gasteiger partial charge in [0.15, 0.2) is 0 Å². The maximum atomic E-state index is 13.4.